The molecule has 1 N–H and O–H groups in total. The fourth-order valence-electron chi connectivity index (χ4n) is 8.80. The van der Waals surface area contributed by atoms with E-state index in [2.05, 4.69) is 165 Å². The Hall–Kier alpha value is -5.14. The number of rotatable bonds is 3. The van der Waals surface area contributed by atoms with Gasteiger partial charge in [0.2, 0.25) is 0 Å². The maximum Gasteiger partial charge on any atom is 0.0467 e. The van der Waals surface area contributed by atoms with Crippen LogP contribution in [0.15, 0.2) is 145 Å². The van der Waals surface area contributed by atoms with Crippen LogP contribution in [0.5, 0.6) is 0 Å². The molecule has 6 aromatic carbocycles. The third-order valence-corrected chi connectivity index (χ3v) is 11.2. The quantitative estimate of drug-likeness (QED) is 0.204. The van der Waals surface area contributed by atoms with Crippen molar-refractivity contribution in [2.45, 2.75) is 51.9 Å². The van der Waals surface area contributed by atoms with Gasteiger partial charge in [-0.05, 0) is 117 Å². The molecular weight excluding hydrogens is 591 g/mol. The molecule has 4 aliphatic rings. The van der Waals surface area contributed by atoms with Gasteiger partial charge in [-0.15, -0.1) is 0 Å². The molecule has 0 saturated heterocycles. The fourth-order valence-corrected chi connectivity index (χ4v) is 8.80. The van der Waals surface area contributed by atoms with E-state index in [1.165, 1.54) is 92.7 Å². The van der Waals surface area contributed by atoms with Crippen LogP contribution in [0.4, 0.5) is 11.4 Å². The summed E-state index contributed by atoms with van der Waals surface area (Å²) in [4.78, 5) is 0. The van der Waals surface area contributed by atoms with Gasteiger partial charge in [-0.2, -0.15) is 0 Å². The number of benzene rings is 6. The lowest BCUT2D eigenvalue weighted by atomic mass is 9.66. The Kier molecular flexibility index (Phi) is 7.38. The molecule has 0 bridgehead atoms. The first kappa shape index (κ1) is 30.0. The summed E-state index contributed by atoms with van der Waals surface area (Å²) in [5.74, 6) is 1.51. The second-order valence-corrected chi connectivity index (χ2v) is 14.9. The fraction of sp³-hybridized carbons (Fsp3) is 0.208. The molecule has 0 aromatic heterocycles. The van der Waals surface area contributed by atoms with E-state index in [-0.39, 0.29) is 0 Å². The van der Waals surface area contributed by atoms with Crippen LogP contribution in [-0.4, -0.2) is 0 Å². The SMILES string of the molecule is C1=Cc2c(Nc3ccc(-c4ccccc4)c4ccccc34)cc3ccccc3c2C2CC2C1.CC1(C)Cc2ccccc2C2=CCCC=C21. The molecule has 49 heavy (non-hydrogen) atoms. The molecule has 2 unspecified atom stereocenters. The molecule has 4 aliphatic carbocycles. The third kappa shape index (κ3) is 5.42. The van der Waals surface area contributed by atoms with E-state index in [1.807, 2.05) is 0 Å². The van der Waals surface area contributed by atoms with E-state index >= 15 is 0 Å². The Balaban J connectivity index is 0.000000170. The van der Waals surface area contributed by atoms with Crippen LogP contribution < -0.4 is 5.32 Å². The first-order chi connectivity index (χ1) is 24.0. The topological polar surface area (TPSA) is 12.0 Å². The van der Waals surface area contributed by atoms with E-state index in [0.717, 1.165) is 11.6 Å². The molecule has 240 valence electrons. The van der Waals surface area contributed by atoms with Gasteiger partial charge < -0.3 is 5.32 Å². The number of allylic oxidation sites excluding steroid dienone is 5. The molecule has 0 aliphatic heterocycles. The summed E-state index contributed by atoms with van der Waals surface area (Å²) >= 11 is 0. The zero-order valence-corrected chi connectivity index (χ0v) is 28.5. The summed E-state index contributed by atoms with van der Waals surface area (Å²) in [7, 11) is 0. The van der Waals surface area contributed by atoms with Crippen molar-refractivity contribution in [3.05, 3.63) is 167 Å². The predicted molar refractivity (Wildman–Crippen MR) is 210 cm³/mol. The first-order valence-electron chi connectivity index (χ1n) is 18.1. The van der Waals surface area contributed by atoms with Crippen LogP contribution in [0.2, 0.25) is 0 Å². The minimum absolute atomic E-state index is 0.306. The van der Waals surface area contributed by atoms with Crippen molar-refractivity contribution in [1.29, 1.82) is 0 Å². The van der Waals surface area contributed by atoms with Crippen LogP contribution in [0.25, 0.3) is 44.3 Å². The van der Waals surface area contributed by atoms with Crippen LogP contribution >= 0.6 is 0 Å². The zero-order valence-electron chi connectivity index (χ0n) is 28.5. The minimum atomic E-state index is 0.306. The van der Waals surface area contributed by atoms with Gasteiger partial charge in [0.15, 0.2) is 0 Å². The lowest BCUT2D eigenvalue weighted by molar-refractivity contribution is 0.446. The monoisotopic (exact) mass is 633 g/mol. The van der Waals surface area contributed by atoms with Crippen molar-refractivity contribution in [2.75, 3.05) is 5.32 Å². The van der Waals surface area contributed by atoms with Crippen molar-refractivity contribution in [1.82, 2.24) is 0 Å². The van der Waals surface area contributed by atoms with E-state index < -0.39 is 0 Å². The second kappa shape index (κ2) is 12.1. The molecule has 0 heterocycles. The maximum atomic E-state index is 3.86. The summed E-state index contributed by atoms with van der Waals surface area (Å²) in [5.41, 5.74) is 14.2. The first-order valence-corrected chi connectivity index (χ1v) is 18.1. The molecule has 6 aromatic rings. The zero-order chi connectivity index (χ0) is 33.0. The Morgan fingerprint density at radius 2 is 1.39 bits per heavy atom. The highest BCUT2D eigenvalue weighted by Crippen LogP contribution is 2.56. The van der Waals surface area contributed by atoms with Crippen molar-refractivity contribution < 1.29 is 0 Å². The maximum absolute atomic E-state index is 3.86. The molecule has 1 nitrogen and oxygen atoms in total. The summed E-state index contributed by atoms with van der Waals surface area (Å²) in [6, 6.07) is 44.0. The molecule has 0 amide bonds. The number of anilines is 2. The molecule has 1 saturated carbocycles. The molecular formula is C48H43N. The molecule has 1 heteroatoms. The van der Waals surface area contributed by atoms with Gasteiger partial charge in [0, 0.05) is 22.3 Å². The number of nitrogens with one attached hydrogen (secondary N) is 1. The van der Waals surface area contributed by atoms with Gasteiger partial charge in [0.25, 0.3) is 0 Å². The smallest absolute Gasteiger partial charge is 0.0467 e. The minimum Gasteiger partial charge on any atom is -0.355 e. The van der Waals surface area contributed by atoms with E-state index in [0.29, 0.717) is 11.3 Å². The van der Waals surface area contributed by atoms with Crippen LogP contribution in [0, 0.1) is 11.3 Å². The third-order valence-electron chi connectivity index (χ3n) is 11.2. The lowest BCUT2D eigenvalue weighted by Crippen LogP contribution is -2.25. The van der Waals surface area contributed by atoms with Crippen molar-refractivity contribution in [2.24, 2.45) is 11.3 Å². The molecule has 2 atom stereocenters. The normalized spacial score (nSPS) is 19.6. The number of hydrogen-bond donors (Lipinski definition) is 1. The molecule has 1 fully saturated rings. The van der Waals surface area contributed by atoms with E-state index in [4.69, 9.17) is 0 Å². The average molecular weight is 634 g/mol. The van der Waals surface area contributed by atoms with Crippen molar-refractivity contribution in [3.8, 4) is 11.1 Å². The standard InChI is InChI=1S/C32H25N.C16H18/c1-2-9-21(10-3-1)24-17-18-30(27-15-7-6-14-26(24)27)33-31-20-23-11-4-5-13-25(23)32-28(31)16-8-12-22-19-29(22)32;1-16(2)11-12-7-3-4-8-13(12)14-9-5-6-10-15(14)16/h1-11,13-18,20,22,29,33H,12,19H2;3-4,7-10H,5-6,11H2,1-2H3. The van der Waals surface area contributed by atoms with Crippen LogP contribution in [0.1, 0.15) is 67.7 Å². The highest BCUT2D eigenvalue weighted by Gasteiger charge is 2.41. The largest absolute Gasteiger partial charge is 0.355 e. The number of fused-ring (bicyclic) bond motifs is 9. The van der Waals surface area contributed by atoms with Crippen LogP contribution in [0.3, 0.4) is 0 Å². The summed E-state index contributed by atoms with van der Waals surface area (Å²) in [6.07, 6.45) is 15.7. The Morgan fingerprint density at radius 3 is 2.27 bits per heavy atom. The number of hydrogen-bond acceptors (Lipinski definition) is 1. The highest BCUT2D eigenvalue weighted by atomic mass is 14.9. The average Bonchev–Trinajstić information content (AvgIpc) is 3.93. The molecule has 0 spiro atoms. The van der Waals surface area contributed by atoms with Crippen LogP contribution in [-0.2, 0) is 6.42 Å². The molecule has 0 radical (unpaired) electrons. The van der Waals surface area contributed by atoms with Gasteiger partial charge in [-0.25, -0.2) is 0 Å². The molecule has 10 rings (SSSR count). The van der Waals surface area contributed by atoms with E-state index in [1.54, 1.807) is 11.1 Å². The summed E-state index contributed by atoms with van der Waals surface area (Å²) < 4.78 is 0. The van der Waals surface area contributed by atoms with Crippen molar-refractivity contribution >= 4 is 44.6 Å². The van der Waals surface area contributed by atoms with Gasteiger partial charge in [-0.3, -0.25) is 0 Å². The Morgan fingerprint density at radius 1 is 0.653 bits per heavy atom. The highest BCUT2D eigenvalue weighted by molar-refractivity contribution is 6.05. The van der Waals surface area contributed by atoms with Gasteiger partial charge in [0.05, 0.1) is 0 Å². The Bertz CT molecular complexity index is 2320. The van der Waals surface area contributed by atoms with Gasteiger partial charge in [-0.1, -0.05) is 147 Å². The van der Waals surface area contributed by atoms with Gasteiger partial charge in [0.1, 0.15) is 0 Å². The lowest BCUT2D eigenvalue weighted by Gasteiger charge is -2.38. The summed E-state index contributed by atoms with van der Waals surface area (Å²) in [5, 5.41) is 9.13. The van der Waals surface area contributed by atoms with E-state index in [9.17, 15) is 0 Å². The second-order valence-electron chi connectivity index (χ2n) is 14.9. The van der Waals surface area contributed by atoms with Crippen molar-refractivity contribution in [3.63, 3.8) is 0 Å². The summed E-state index contributed by atoms with van der Waals surface area (Å²) in [6.45, 7) is 4.74. The predicted octanol–water partition coefficient (Wildman–Crippen LogP) is 13.3. The Labute approximate surface area is 290 Å². The van der Waals surface area contributed by atoms with Gasteiger partial charge >= 0.3 is 0 Å².